The van der Waals surface area contributed by atoms with Gasteiger partial charge in [-0.05, 0) is 35.0 Å². The number of hydrogen-bond acceptors (Lipinski definition) is 3. The number of para-hydroxylation sites is 1. The molecule has 1 aliphatic heterocycles. The normalized spacial score (nSPS) is 23.2. The quantitative estimate of drug-likeness (QED) is 0.794. The van der Waals surface area contributed by atoms with Crippen molar-refractivity contribution in [3.05, 3.63) is 22.7 Å². The van der Waals surface area contributed by atoms with Crippen LogP contribution in [0.1, 0.15) is 13.3 Å². The summed E-state index contributed by atoms with van der Waals surface area (Å²) in [6.45, 7) is 2.08. The zero-order valence-electron chi connectivity index (χ0n) is 9.27. The van der Waals surface area contributed by atoms with E-state index >= 15 is 0 Å². The predicted molar refractivity (Wildman–Crippen MR) is 66.7 cm³/mol. The van der Waals surface area contributed by atoms with Crippen LogP contribution in [0.4, 0.5) is 5.69 Å². The highest BCUT2D eigenvalue weighted by Gasteiger charge is 2.31. The number of fused-ring (bicyclic) bond motifs is 1. The third-order valence-corrected chi connectivity index (χ3v) is 3.66. The highest BCUT2D eigenvalue weighted by Crippen LogP contribution is 2.41. The summed E-state index contributed by atoms with van der Waals surface area (Å²) in [7, 11) is 2.03. The summed E-state index contributed by atoms with van der Waals surface area (Å²) < 4.78 is 6.81. The molecule has 0 saturated heterocycles. The maximum Gasteiger partial charge on any atom is 0.157 e. The van der Waals surface area contributed by atoms with E-state index in [-0.39, 0.29) is 12.1 Å². The fraction of sp³-hybridized carbons (Fsp3) is 0.417. The van der Waals surface area contributed by atoms with Gasteiger partial charge in [-0.15, -0.1) is 0 Å². The van der Waals surface area contributed by atoms with Crippen molar-refractivity contribution in [1.29, 1.82) is 5.26 Å². The van der Waals surface area contributed by atoms with Crippen molar-refractivity contribution < 1.29 is 4.74 Å². The van der Waals surface area contributed by atoms with E-state index in [1.165, 1.54) is 0 Å². The molecule has 0 fully saturated rings. The van der Waals surface area contributed by atoms with Crippen LogP contribution in [0.25, 0.3) is 0 Å². The summed E-state index contributed by atoms with van der Waals surface area (Å²) in [5.41, 5.74) is 1.07. The number of hydrogen-bond donors (Lipinski definition) is 0. The summed E-state index contributed by atoms with van der Waals surface area (Å²) >= 11 is 3.47. The van der Waals surface area contributed by atoms with Crippen LogP contribution in [0.5, 0.6) is 5.75 Å². The number of ether oxygens (including phenoxy) is 1. The van der Waals surface area contributed by atoms with Crippen molar-refractivity contribution in [2.45, 2.75) is 25.5 Å². The first kappa shape index (κ1) is 11.3. The Bertz CT molecular complexity index is 441. The first-order valence-corrected chi connectivity index (χ1v) is 5.99. The zero-order valence-corrected chi connectivity index (χ0v) is 10.9. The van der Waals surface area contributed by atoms with Crippen LogP contribution in [0, 0.1) is 11.3 Å². The Hall–Kier alpha value is -1.21. The number of anilines is 1. The zero-order chi connectivity index (χ0) is 11.7. The molecule has 4 heteroatoms. The Morgan fingerprint density at radius 1 is 1.56 bits per heavy atom. The SMILES string of the molecule is CC1C(CC#N)Oc2c(Br)cccc2N1C. The molecule has 3 nitrogen and oxygen atoms in total. The van der Waals surface area contributed by atoms with E-state index in [1.807, 2.05) is 25.2 Å². The molecule has 0 amide bonds. The van der Waals surface area contributed by atoms with Gasteiger partial charge in [0.2, 0.25) is 0 Å². The summed E-state index contributed by atoms with van der Waals surface area (Å²) in [5, 5.41) is 8.78. The average molecular weight is 281 g/mol. The number of nitriles is 1. The molecular formula is C12H13BrN2O. The van der Waals surface area contributed by atoms with Crippen LogP contribution < -0.4 is 9.64 Å². The topological polar surface area (TPSA) is 36.3 Å². The molecule has 0 aromatic heterocycles. The minimum absolute atomic E-state index is 0.0683. The van der Waals surface area contributed by atoms with E-state index < -0.39 is 0 Å². The lowest BCUT2D eigenvalue weighted by molar-refractivity contribution is 0.164. The van der Waals surface area contributed by atoms with Crippen LogP contribution in [0.3, 0.4) is 0 Å². The molecule has 1 aliphatic rings. The second-order valence-electron chi connectivity index (χ2n) is 3.96. The van der Waals surface area contributed by atoms with Crippen LogP contribution in [0.15, 0.2) is 22.7 Å². The Morgan fingerprint density at radius 3 is 3.00 bits per heavy atom. The molecule has 2 unspecified atom stereocenters. The highest BCUT2D eigenvalue weighted by molar-refractivity contribution is 9.10. The van der Waals surface area contributed by atoms with Gasteiger partial charge < -0.3 is 9.64 Å². The van der Waals surface area contributed by atoms with Crippen molar-refractivity contribution in [3.8, 4) is 11.8 Å². The van der Waals surface area contributed by atoms with E-state index in [0.29, 0.717) is 6.42 Å². The van der Waals surface area contributed by atoms with Crippen LogP contribution in [-0.2, 0) is 0 Å². The van der Waals surface area contributed by atoms with Crippen LogP contribution in [-0.4, -0.2) is 19.2 Å². The van der Waals surface area contributed by atoms with Gasteiger partial charge in [-0.25, -0.2) is 0 Å². The third kappa shape index (κ3) is 1.76. The summed E-state index contributed by atoms with van der Waals surface area (Å²) in [6, 6.07) is 8.35. The monoisotopic (exact) mass is 280 g/mol. The minimum atomic E-state index is -0.0683. The minimum Gasteiger partial charge on any atom is -0.484 e. The van der Waals surface area contributed by atoms with Crippen molar-refractivity contribution >= 4 is 21.6 Å². The predicted octanol–water partition coefficient (Wildman–Crippen LogP) is 2.95. The fourth-order valence-electron chi connectivity index (χ4n) is 1.91. The Balaban J connectivity index is 2.41. The van der Waals surface area contributed by atoms with E-state index in [9.17, 15) is 0 Å². The molecule has 2 rings (SSSR count). The molecule has 1 aromatic rings. The Labute approximate surface area is 104 Å². The Morgan fingerprint density at radius 2 is 2.31 bits per heavy atom. The van der Waals surface area contributed by atoms with E-state index in [4.69, 9.17) is 10.00 Å². The number of halogens is 1. The molecule has 2 atom stereocenters. The van der Waals surface area contributed by atoms with Crippen molar-refractivity contribution in [2.75, 3.05) is 11.9 Å². The number of benzene rings is 1. The van der Waals surface area contributed by atoms with Gasteiger partial charge in [0.1, 0.15) is 6.10 Å². The second kappa shape index (κ2) is 4.34. The first-order valence-electron chi connectivity index (χ1n) is 5.20. The van der Waals surface area contributed by atoms with Crippen molar-refractivity contribution in [2.24, 2.45) is 0 Å². The largest absolute Gasteiger partial charge is 0.484 e. The van der Waals surface area contributed by atoms with E-state index in [2.05, 4.69) is 33.8 Å². The van der Waals surface area contributed by atoms with Gasteiger partial charge in [-0.3, -0.25) is 0 Å². The molecule has 0 spiro atoms. The molecule has 0 radical (unpaired) electrons. The summed E-state index contributed by atoms with van der Waals surface area (Å²) in [6.07, 6.45) is 0.341. The molecule has 0 bridgehead atoms. The van der Waals surface area contributed by atoms with Crippen molar-refractivity contribution in [3.63, 3.8) is 0 Å². The lowest BCUT2D eigenvalue weighted by Crippen LogP contribution is -2.45. The lowest BCUT2D eigenvalue weighted by Gasteiger charge is -2.39. The number of likely N-dealkylation sites (N-methyl/N-ethyl adjacent to an activating group) is 1. The fourth-order valence-corrected chi connectivity index (χ4v) is 2.36. The van der Waals surface area contributed by atoms with Gasteiger partial charge >= 0.3 is 0 Å². The van der Waals surface area contributed by atoms with Gasteiger partial charge in [0.05, 0.1) is 28.7 Å². The highest BCUT2D eigenvalue weighted by atomic mass is 79.9. The molecule has 1 heterocycles. The molecular weight excluding hydrogens is 268 g/mol. The molecule has 0 aliphatic carbocycles. The molecule has 0 N–H and O–H groups in total. The molecule has 1 aromatic carbocycles. The number of nitrogens with zero attached hydrogens (tertiary/aromatic N) is 2. The maximum absolute atomic E-state index is 8.78. The van der Waals surface area contributed by atoms with E-state index in [0.717, 1.165) is 15.9 Å². The molecule has 0 saturated carbocycles. The average Bonchev–Trinajstić information content (AvgIpc) is 2.27. The van der Waals surface area contributed by atoms with Gasteiger partial charge in [0.25, 0.3) is 0 Å². The van der Waals surface area contributed by atoms with E-state index in [1.54, 1.807) is 0 Å². The standard InChI is InChI=1S/C12H13BrN2O/c1-8-11(6-7-14)16-12-9(13)4-3-5-10(12)15(8)2/h3-5,8,11H,6H2,1-2H3. The van der Waals surface area contributed by atoms with Gasteiger partial charge in [0, 0.05) is 7.05 Å². The van der Waals surface area contributed by atoms with Crippen LogP contribution in [0.2, 0.25) is 0 Å². The van der Waals surface area contributed by atoms with Crippen LogP contribution >= 0.6 is 15.9 Å². The Kier molecular flexibility index (Phi) is 3.06. The second-order valence-corrected chi connectivity index (χ2v) is 4.81. The summed E-state index contributed by atoms with van der Waals surface area (Å²) in [5.74, 6) is 0.836. The van der Waals surface area contributed by atoms with Gasteiger partial charge in [-0.1, -0.05) is 6.07 Å². The maximum atomic E-state index is 8.78. The van der Waals surface area contributed by atoms with Gasteiger partial charge in [0.15, 0.2) is 5.75 Å². The molecule has 16 heavy (non-hydrogen) atoms. The molecule has 84 valence electrons. The lowest BCUT2D eigenvalue weighted by atomic mass is 10.1. The van der Waals surface area contributed by atoms with Crippen molar-refractivity contribution in [1.82, 2.24) is 0 Å². The first-order chi connectivity index (χ1) is 7.65. The summed E-state index contributed by atoms with van der Waals surface area (Å²) in [4.78, 5) is 2.16. The third-order valence-electron chi connectivity index (χ3n) is 3.04. The smallest absolute Gasteiger partial charge is 0.157 e. The van der Waals surface area contributed by atoms with Gasteiger partial charge in [-0.2, -0.15) is 5.26 Å². The number of rotatable bonds is 1.